The number of hydrogen-bond donors (Lipinski definition) is 2. The smallest absolute Gasteiger partial charge is 0.146 e. The van der Waals surface area contributed by atoms with E-state index in [-0.39, 0.29) is 11.8 Å². The third kappa shape index (κ3) is 6.06. The average Bonchev–Trinajstić information content (AvgIpc) is 3.08. The standard InChI is InChI=1S/C7H13NOS.C7H15NS/c1-5(9)7-3-6(10-2)4-8-7;1-3-6-4-7(9-2)5-8-6/h6-8H,3-4H2,1-2H3;6-8H,3-5H2,1-2H3/t6-,7-;6-,7+/m01/s1. The van der Waals surface area contributed by atoms with Gasteiger partial charge in [0.2, 0.25) is 0 Å². The Hall–Kier alpha value is 0.290. The number of Topliss-reactive ketones (excluding diaryl/α,β-unsaturated/α-hetero) is 1. The molecule has 4 atom stereocenters. The summed E-state index contributed by atoms with van der Waals surface area (Å²) in [5.74, 6) is 0.275. The van der Waals surface area contributed by atoms with Crippen LogP contribution in [0.25, 0.3) is 0 Å². The molecule has 5 heteroatoms. The molecule has 2 aliphatic heterocycles. The van der Waals surface area contributed by atoms with Gasteiger partial charge >= 0.3 is 0 Å². The fourth-order valence-corrected chi connectivity index (χ4v) is 3.80. The van der Waals surface area contributed by atoms with Crippen molar-refractivity contribution in [3.05, 3.63) is 0 Å². The van der Waals surface area contributed by atoms with Crippen molar-refractivity contribution in [3.8, 4) is 0 Å². The average molecular weight is 305 g/mol. The molecule has 0 radical (unpaired) electrons. The van der Waals surface area contributed by atoms with Crippen molar-refractivity contribution < 1.29 is 4.79 Å². The highest BCUT2D eigenvalue weighted by Crippen LogP contribution is 2.19. The molecule has 19 heavy (non-hydrogen) atoms. The molecule has 2 N–H and O–H groups in total. The first-order valence-corrected chi connectivity index (χ1v) is 9.71. The summed E-state index contributed by atoms with van der Waals surface area (Å²) < 4.78 is 0. The third-order valence-electron chi connectivity index (χ3n) is 3.92. The second-order valence-electron chi connectivity index (χ2n) is 5.27. The summed E-state index contributed by atoms with van der Waals surface area (Å²) in [6, 6.07) is 0.944. The molecule has 0 aromatic heterocycles. The topological polar surface area (TPSA) is 41.1 Å². The van der Waals surface area contributed by atoms with E-state index in [4.69, 9.17) is 0 Å². The van der Waals surface area contributed by atoms with Gasteiger partial charge in [-0.3, -0.25) is 4.79 Å². The first kappa shape index (κ1) is 17.3. The van der Waals surface area contributed by atoms with Crippen molar-refractivity contribution in [3.63, 3.8) is 0 Å². The summed E-state index contributed by atoms with van der Waals surface area (Å²) in [4.78, 5) is 10.8. The zero-order valence-electron chi connectivity index (χ0n) is 12.6. The van der Waals surface area contributed by atoms with Crippen LogP contribution in [0.1, 0.15) is 33.1 Å². The Labute approximate surface area is 126 Å². The van der Waals surface area contributed by atoms with Gasteiger partial charge in [-0.1, -0.05) is 6.92 Å². The van der Waals surface area contributed by atoms with Gasteiger partial charge in [-0.15, -0.1) is 0 Å². The first-order chi connectivity index (χ1) is 9.10. The molecule has 2 heterocycles. The Morgan fingerprint density at radius 2 is 1.68 bits per heavy atom. The highest BCUT2D eigenvalue weighted by Gasteiger charge is 2.25. The molecule has 0 bridgehead atoms. The van der Waals surface area contributed by atoms with Crippen molar-refractivity contribution in [2.45, 2.75) is 55.7 Å². The number of ketones is 1. The molecule has 0 aromatic rings. The van der Waals surface area contributed by atoms with Crippen molar-refractivity contribution in [1.29, 1.82) is 0 Å². The summed E-state index contributed by atoms with van der Waals surface area (Å²) in [5, 5.41) is 8.20. The lowest BCUT2D eigenvalue weighted by molar-refractivity contribution is -0.118. The number of carbonyl (C=O) groups excluding carboxylic acids is 1. The number of thioether (sulfide) groups is 2. The van der Waals surface area contributed by atoms with Crippen molar-refractivity contribution in [2.24, 2.45) is 0 Å². The van der Waals surface area contributed by atoms with Gasteiger partial charge in [-0.2, -0.15) is 23.5 Å². The second kappa shape index (κ2) is 9.27. The molecular formula is C14H28N2OS2. The van der Waals surface area contributed by atoms with Crippen LogP contribution < -0.4 is 10.6 Å². The second-order valence-corrected chi connectivity index (χ2v) is 7.55. The highest BCUT2D eigenvalue weighted by molar-refractivity contribution is 7.99. The predicted molar refractivity (Wildman–Crippen MR) is 88.4 cm³/mol. The Balaban J connectivity index is 0.000000191. The molecule has 0 unspecified atom stereocenters. The van der Waals surface area contributed by atoms with Gasteiger partial charge in [0, 0.05) is 29.6 Å². The van der Waals surface area contributed by atoms with Crippen LogP contribution in [0.2, 0.25) is 0 Å². The van der Waals surface area contributed by atoms with E-state index in [1.165, 1.54) is 19.4 Å². The van der Waals surface area contributed by atoms with E-state index in [9.17, 15) is 4.79 Å². The molecule has 112 valence electrons. The maximum absolute atomic E-state index is 10.8. The molecule has 0 spiro atoms. The molecule has 2 aliphatic rings. The van der Waals surface area contributed by atoms with Crippen LogP contribution in [-0.2, 0) is 4.79 Å². The Kier molecular flexibility index (Phi) is 8.46. The molecule has 0 amide bonds. The van der Waals surface area contributed by atoms with E-state index in [1.807, 2.05) is 23.5 Å². The molecule has 0 aromatic carbocycles. The molecule has 0 aliphatic carbocycles. The van der Waals surface area contributed by atoms with Crippen LogP contribution in [0, 0.1) is 0 Å². The SMILES string of the molecule is CC[C@@H]1C[C@H](SC)CN1.CS[C@@H]1CN[C@H](C(C)=O)C1. The van der Waals surface area contributed by atoms with E-state index in [2.05, 4.69) is 30.1 Å². The van der Waals surface area contributed by atoms with Crippen LogP contribution in [0.5, 0.6) is 0 Å². The molecular weight excluding hydrogens is 276 g/mol. The van der Waals surface area contributed by atoms with E-state index in [1.54, 1.807) is 6.92 Å². The largest absolute Gasteiger partial charge is 0.313 e. The van der Waals surface area contributed by atoms with Crippen LogP contribution in [-0.4, -0.2) is 54.0 Å². The summed E-state index contributed by atoms with van der Waals surface area (Å²) in [7, 11) is 0. The summed E-state index contributed by atoms with van der Waals surface area (Å²) in [6.07, 6.45) is 7.96. The van der Waals surface area contributed by atoms with Crippen molar-refractivity contribution in [2.75, 3.05) is 25.6 Å². The summed E-state index contributed by atoms with van der Waals surface area (Å²) in [6.45, 7) is 6.12. The number of carbonyl (C=O) groups is 1. The van der Waals surface area contributed by atoms with Crippen LogP contribution >= 0.6 is 23.5 Å². The minimum Gasteiger partial charge on any atom is -0.313 e. The van der Waals surface area contributed by atoms with Crippen LogP contribution in [0.4, 0.5) is 0 Å². The zero-order valence-corrected chi connectivity index (χ0v) is 14.2. The van der Waals surface area contributed by atoms with E-state index in [0.717, 1.165) is 24.3 Å². The fraction of sp³-hybridized carbons (Fsp3) is 0.929. The zero-order chi connectivity index (χ0) is 14.3. The maximum atomic E-state index is 10.8. The minimum absolute atomic E-state index is 0.137. The van der Waals surface area contributed by atoms with Gasteiger partial charge in [0.15, 0.2) is 0 Å². The minimum atomic E-state index is 0.137. The highest BCUT2D eigenvalue weighted by atomic mass is 32.2. The van der Waals surface area contributed by atoms with E-state index in [0.29, 0.717) is 5.25 Å². The van der Waals surface area contributed by atoms with Gasteiger partial charge in [0.25, 0.3) is 0 Å². The molecule has 0 saturated carbocycles. The monoisotopic (exact) mass is 304 g/mol. The van der Waals surface area contributed by atoms with Gasteiger partial charge < -0.3 is 10.6 Å². The Morgan fingerprint density at radius 1 is 1.11 bits per heavy atom. The lowest BCUT2D eigenvalue weighted by atomic mass is 10.2. The van der Waals surface area contributed by atoms with Gasteiger partial charge in [0.1, 0.15) is 5.78 Å². The van der Waals surface area contributed by atoms with Crippen LogP contribution in [0.15, 0.2) is 0 Å². The molecule has 2 saturated heterocycles. The van der Waals surface area contributed by atoms with Gasteiger partial charge in [-0.25, -0.2) is 0 Å². The van der Waals surface area contributed by atoms with Crippen LogP contribution in [0.3, 0.4) is 0 Å². The van der Waals surface area contributed by atoms with Gasteiger partial charge in [0.05, 0.1) is 6.04 Å². The Bertz CT molecular complexity index is 266. The molecule has 2 rings (SSSR count). The molecule has 3 nitrogen and oxygen atoms in total. The summed E-state index contributed by atoms with van der Waals surface area (Å²) >= 11 is 3.83. The van der Waals surface area contributed by atoms with E-state index >= 15 is 0 Å². The Morgan fingerprint density at radius 3 is 2.00 bits per heavy atom. The lowest BCUT2D eigenvalue weighted by Crippen LogP contribution is -2.28. The third-order valence-corrected chi connectivity index (χ3v) is 5.97. The fourth-order valence-electron chi connectivity index (χ4n) is 2.47. The number of hydrogen-bond acceptors (Lipinski definition) is 5. The number of rotatable bonds is 4. The quantitative estimate of drug-likeness (QED) is 0.833. The normalized spacial score (nSPS) is 33.9. The lowest BCUT2D eigenvalue weighted by Gasteiger charge is -2.04. The molecule has 2 fully saturated rings. The summed E-state index contributed by atoms with van der Waals surface area (Å²) in [5.41, 5.74) is 0. The van der Waals surface area contributed by atoms with E-state index < -0.39 is 0 Å². The van der Waals surface area contributed by atoms with Crippen molar-refractivity contribution in [1.82, 2.24) is 10.6 Å². The van der Waals surface area contributed by atoms with Gasteiger partial charge in [-0.05, 0) is 38.7 Å². The maximum Gasteiger partial charge on any atom is 0.146 e. The first-order valence-electron chi connectivity index (χ1n) is 7.13. The number of nitrogens with one attached hydrogen (secondary N) is 2. The van der Waals surface area contributed by atoms with Crippen molar-refractivity contribution >= 4 is 29.3 Å². The predicted octanol–water partition coefficient (Wildman–Crippen LogP) is 2.16.